The van der Waals surface area contributed by atoms with Crippen LogP contribution in [0.2, 0.25) is 0 Å². The van der Waals surface area contributed by atoms with Gasteiger partial charge in [0.2, 0.25) is 0 Å². The zero-order valence-corrected chi connectivity index (χ0v) is 9.04. The Labute approximate surface area is 84.6 Å². The molecule has 0 aromatic carbocycles. The van der Waals surface area contributed by atoms with E-state index in [9.17, 15) is 4.79 Å². The molecule has 0 aromatic rings. The van der Waals surface area contributed by atoms with Gasteiger partial charge in [-0.05, 0) is 27.2 Å². The maximum atomic E-state index is 11.7. The van der Waals surface area contributed by atoms with Gasteiger partial charge in [0.05, 0.1) is 0 Å². The predicted octanol–water partition coefficient (Wildman–Crippen LogP) is 0.968. The number of carbonyl (C=O) groups excluding carboxylic acids is 1. The molecule has 80 valence electrons. The highest BCUT2D eigenvalue weighted by Gasteiger charge is 2.41. The van der Waals surface area contributed by atoms with Crippen LogP contribution < -0.4 is 5.32 Å². The average Bonchev–Trinajstić information content (AvgIpc) is 2.59. The van der Waals surface area contributed by atoms with Gasteiger partial charge < -0.3 is 15.0 Å². The van der Waals surface area contributed by atoms with Gasteiger partial charge in [0.15, 0.2) is 0 Å². The van der Waals surface area contributed by atoms with Gasteiger partial charge in [0.25, 0.3) is 0 Å². The number of carbonyl (C=O) groups is 1. The Morgan fingerprint density at radius 2 is 2.21 bits per heavy atom. The van der Waals surface area contributed by atoms with Crippen molar-refractivity contribution in [3.8, 4) is 0 Å². The lowest BCUT2D eigenvalue weighted by Crippen LogP contribution is -2.48. The molecule has 2 rings (SSSR count). The van der Waals surface area contributed by atoms with Crippen LogP contribution in [0.4, 0.5) is 4.79 Å². The fourth-order valence-corrected chi connectivity index (χ4v) is 2.10. The highest BCUT2D eigenvalue weighted by molar-refractivity contribution is 5.69. The van der Waals surface area contributed by atoms with Gasteiger partial charge in [-0.1, -0.05) is 0 Å². The summed E-state index contributed by atoms with van der Waals surface area (Å²) in [6, 6.07) is 0.849. The van der Waals surface area contributed by atoms with E-state index in [1.807, 2.05) is 25.7 Å². The highest BCUT2D eigenvalue weighted by Crippen LogP contribution is 2.25. The van der Waals surface area contributed by atoms with E-state index in [0.717, 1.165) is 19.5 Å². The molecule has 2 fully saturated rings. The summed E-state index contributed by atoms with van der Waals surface area (Å²) in [6.45, 7) is 7.43. The molecule has 0 spiro atoms. The molecule has 0 radical (unpaired) electrons. The summed E-state index contributed by atoms with van der Waals surface area (Å²) in [5.41, 5.74) is -0.383. The number of rotatable bonds is 0. The molecule has 4 nitrogen and oxygen atoms in total. The second-order valence-corrected chi connectivity index (χ2v) is 5.13. The molecule has 2 aliphatic rings. The standard InChI is InChI=1S/C10H18N2O2/c1-10(2,3)14-9(13)12-6-7-4-8(12)5-11-7/h7-8,11H,4-6H2,1-3H3/t7-,8+/m1/s1. The number of likely N-dealkylation sites (tertiary alicyclic amines) is 1. The Morgan fingerprint density at radius 3 is 2.64 bits per heavy atom. The normalized spacial score (nSPS) is 30.9. The predicted molar refractivity (Wildman–Crippen MR) is 53.1 cm³/mol. The number of hydrogen-bond acceptors (Lipinski definition) is 3. The number of ether oxygens (including phenoxy) is 1. The molecule has 2 heterocycles. The van der Waals surface area contributed by atoms with E-state index in [-0.39, 0.29) is 11.7 Å². The van der Waals surface area contributed by atoms with Crippen molar-refractivity contribution >= 4 is 6.09 Å². The summed E-state index contributed by atoms with van der Waals surface area (Å²) < 4.78 is 5.33. The van der Waals surface area contributed by atoms with Crippen molar-refractivity contribution in [1.82, 2.24) is 10.2 Å². The highest BCUT2D eigenvalue weighted by atomic mass is 16.6. The van der Waals surface area contributed by atoms with Gasteiger partial charge in [-0.2, -0.15) is 0 Å². The fourth-order valence-electron chi connectivity index (χ4n) is 2.10. The van der Waals surface area contributed by atoms with E-state index >= 15 is 0 Å². The van der Waals surface area contributed by atoms with E-state index in [0.29, 0.717) is 12.1 Å². The molecule has 0 saturated carbocycles. The summed E-state index contributed by atoms with van der Waals surface area (Å²) in [6.07, 6.45) is 0.922. The van der Waals surface area contributed by atoms with Gasteiger partial charge in [-0.25, -0.2) is 4.79 Å². The lowest BCUT2D eigenvalue weighted by molar-refractivity contribution is 0.0204. The van der Waals surface area contributed by atoms with Crippen LogP contribution in [-0.4, -0.2) is 41.8 Å². The van der Waals surface area contributed by atoms with Crippen molar-refractivity contribution in [2.75, 3.05) is 13.1 Å². The van der Waals surface area contributed by atoms with Crippen LogP contribution >= 0.6 is 0 Å². The van der Waals surface area contributed by atoms with Crippen molar-refractivity contribution in [2.24, 2.45) is 0 Å². The number of piperazine rings is 1. The van der Waals surface area contributed by atoms with E-state index in [4.69, 9.17) is 4.74 Å². The average molecular weight is 198 g/mol. The first-order valence-corrected chi connectivity index (χ1v) is 5.19. The summed E-state index contributed by atoms with van der Waals surface area (Å²) in [7, 11) is 0. The fraction of sp³-hybridized carbons (Fsp3) is 0.900. The van der Waals surface area contributed by atoms with Gasteiger partial charge in [-0.15, -0.1) is 0 Å². The second kappa shape index (κ2) is 3.12. The first kappa shape index (κ1) is 9.77. The first-order valence-electron chi connectivity index (χ1n) is 5.19. The SMILES string of the molecule is CC(C)(C)OC(=O)N1C[C@H]2C[C@H]1CN2. The van der Waals surface area contributed by atoms with Crippen LogP contribution in [-0.2, 0) is 4.74 Å². The van der Waals surface area contributed by atoms with Crippen LogP contribution in [0.3, 0.4) is 0 Å². The maximum Gasteiger partial charge on any atom is 0.410 e. The van der Waals surface area contributed by atoms with Crippen LogP contribution in [0.25, 0.3) is 0 Å². The van der Waals surface area contributed by atoms with Gasteiger partial charge >= 0.3 is 6.09 Å². The van der Waals surface area contributed by atoms with E-state index in [1.54, 1.807) is 0 Å². The molecular weight excluding hydrogens is 180 g/mol. The Bertz CT molecular complexity index is 247. The molecule has 4 heteroatoms. The third-order valence-electron chi connectivity index (χ3n) is 2.68. The molecule has 0 aliphatic carbocycles. The van der Waals surface area contributed by atoms with E-state index < -0.39 is 0 Å². The number of nitrogens with zero attached hydrogens (tertiary/aromatic N) is 1. The first-order chi connectivity index (χ1) is 6.46. The molecule has 2 aliphatic heterocycles. The largest absolute Gasteiger partial charge is 0.444 e. The maximum absolute atomic E-state index is 11.7. The topological polar surface area (TPSA) is 41.6 Å². The second-order valence-electron chi connectivity index (χ2n) is 5.13. The minimum atomic E-state index is -0.383. The van der Waals surface area contributed by atoms with Gasteiger partial charge in [0.1, 0.15) is 5.60 Å². The van der Waals surface area contributed by atoms with Crippen molar-refractivity contribution in [3.05, 3.63) is 0 Å². The van der Waals surface area contributed by atoms with Crippen LogP contribution in [0, 0.1) is 0 Å². The number of fused-ring (bicyclic) bond motifs is 2. The zero-order valence-electron chi connectivity index (χ0n) is 9.04. The third-order valence-corrected chi connectivity index (χ3v) is 2.68. The van der Waals surface area contributed by atoms with Crippen molar-refractivity contribution in [1.29, 1.82) is 0 Å². The van der Waals surface area contributed by atoms with Gasteiger partial charge in [0, 0.05) is 25.2 Å². The molecule has 0 aromatic heterocycles. The Morgan fingerprint density at radius 1 is 1.50 bits per heavy atom. The minimum absolute atomic E-state index is 0.161. The number of nitrogens with one attached hydrogen (secondary N) is 1. The Balaban J connectivity index is 1.93. The van der Waals surface area contributed by atoms with Crippen LogP contribution in [0.15, 0.2) is 0 Å². The quantitative estimate of drug-likeness (QED) is 0.630. The summed E-state index contributed by atoms with van der Waals surface area (Å²) in [5.74, 6) is 0. The van der Waals surface area contributed by atoms with E-state index in [1.165, 1.54) is 0 Å². The van der Waals surface area contributed by atoms with Crippen LogP contribution in [0.5, 0.6) is 0 Å². The molecule has 0 unspecified atom stereocenters. The minimum Gasteiger partial charge on any atom is -0.444 e. The molecule has 2 saturated heterocycles. The van der Waals surface area contributed by atoms with Gasteiger partial charge in [-0.3, -0.25) is 0 Å². The molecule has 1 N–H and O–H groups in total. The van der Waals surface area contributed by atoms with Crippen molar-refractivity contribution in [2.45, 2.75) is 44.9 Å². The third kappa shape index (κ3) is 1.85. The lowest BCUT2D eigenvalue weighted by atomic mass is 10.2. The van der Waals surface area contributed by atoms with Crippen LogP contribution in [0.1, 0.15) is 27.2 Å². The summed E-state index contributed by atoms with van der Waals surface area (Å²) >= 11 is 0. The molecule has 1 amide bonds. The monoisotopic (exact) mass is 198 g/mol. The summed E-state index contributed by atoms with van der Waals surface area (Å²) in [5, 5.41) is 3.35. The number of hydrogen-bond donors (Lipinski definition) is 1. The smallest absolute Gasteiger partial charge is 0.410 e. The Kier molecular flexibility index (Phi) is 2.18. The zero-order chi connectivity index (χ0) is 10.3. The Hall–Kier alpha value is -0.770. The summed E-state index contributed by atoms with van der Waals surface area (Å²) in [4.78, 5) is 13.6. The molecule has 2 atom stereocenters. The number of amides is 1. The molecular formula is C10H18N2O2. The lowest BCUT2D eigenvalue weighted by Gasteiger charge is -2.30. The van der Waals surface area contributed by atoms with Crippen molar-refractivity contribution in [3.63, 3.8) is 0 Å². The molecule has 2 bridgehead atoms. The van der Waals surface area contributed by atoms with Crippen molar-refractivity contribution < 1.29 is 9.53 Å². The molecule has 14 heavy (non-hydrogen) atoms. The van der Waals surface area contributed by atoms with E-state index in [2.05, 4.69) is 5.32 Å².